The molecule has 0 aliphatic carbocycles. The van der Waals surface area contributed by atoms with Gasteiger partial charge in [0.05, 0.1) is 6.61 Å². The van der Waals surface area contributed by atoms with E-state index < -0.39 is 0 Å². The third-order valence-corrected chi connectivity index (χ3v) is 2.39. The van der Waals surface area contributed by atoms with E-state index in [1.807, 2.05) is 25.1 Å². The van der Waals surface area contributed by atoms with Gasteiger partial charge in [0, 0.05) is 24.6 Å². The summed E-state index contributed by atoms with van der Waals surface area (Å²) in [6.45, 7) is 3.48. The Bertz CT molecular complexity index is 287. The molecule has 0 amide bonds. The molecule has 0 aliphatic rings. The molecule has 78 valence electrons. The lowest BCUT2D eigenvalue weighted by molar-refractivity contribution is 0.172. The molecular weight excluding hydrogens is 244 g/mol. The first-order chi connectivity index (χ1) is 6.74. The molecule has 1 aromatic rings. The Kier molecular flexibility index (Phi) is 4.98. The topological polar surface area (TPSA) is 18.5 Å². The summed E-state index contributed by atoms with van der Waals surface area (Å²) in [5.41, 5.74) is 1.16. The number of benzene rings is 1. The molecule has 3 heteroatoms. The van der Waals surface area contributed by atoms with E-state index in [-0.39, 0.29) is 0 Å². The Morgan fingerprint density at radius 1 is 1.29 bits per heavy atom. The lowest BCUT2D eigenvalue weighted by Gasteiger charge is -2.08. The summed E-state index contributed by atoms with van der Waals surface area (Å²) in [6.07, 6.45) is 0.919. The number of aryl methyl sites for hydroxylation is 1. The smallest absolute Gasteiger partial charge is 0.123 e. The lowest BCUT2D eigenvalue weighted by atomic mass is 10.2. The molecule has 0 radical (unpaired) electrons. The van der Waals surface area contributed by atoms with Crippen molar-refractivity contribution >= 4 is 15.9 Å². The highest BCUT2D eigenvalue weighted by Gasteiger charge is 1.99. The van der Waals surface area contributed by atoms with Crippen LogP contribution in [-0.2, 0) is 4.74 Å². The van der Waals surface area contributed by atoms with Crippen LogP contribution >= 0.6 is 15.9 Å². The fourth-order valence-electron chi connectivity index (χ4n) is 1.11. The van der Waals surface area contributed by atoms with Crippen molar-refractivity contribution in [1.29, 1.82) is 0 Å². The predicted octanol–water partition coefficient (Wildman–Crippen LogP) is 3.17. The molecule has 1 rings (SSSR count). The van der Waals surface area contributed by atoms with Gasteiger partial charge in [0.2, 0.25) is 0 Å². The van der Waals surface area contributed by atoms with Crippen LogP contribution in [0, 0.1) is 6.92 Å². The molecule has 0 atom stereocenters. The van der Waals surface area contributed by atoms with E-state index in [2.05, 4.69) is 15.9 Å². The van der Waals surface area contributed by atoms with Gasteiger partial charge in [0.15, 0.2) is 0 Å². The van der Waals surface area contributed by atoms with Crippen LogP contribution in [-0.4, -0.2) is 20.3 Å². The number of rotatable bonds is 5. The molecule has 0 saturated carbocycles. The van der Waals surface area contributed by atoms with Gasteiger partial charge in [0.25, 0.3) is 0 Å². The Morgan fingerprint density at radius 2 is 2.07 bits per heavy atom. The summed E-state index contributed by atoms with van der Waals surface area (Å²) >= 11 is 3.41. The molecule has 0 bridgehead atoms. The normalized spacial score (nSPS) is 10.2. The zero-order chi connectivity index (χ0) is 10.4. The van der Waals surface area contributed by atoms with E-state index >= 15 is 0 Å². The summed E-state index contributed by atoms with van der Waals surface area (Å²) in [5, 5.41) is 0. The van der Waals surface area contributed by atoms with Crippen LogP contribution in [0.5, 0.6) is 5.75 Å². The van der Waals surface area contributed by atoms with Crippen molar-refractivity contribution in [2.75, 3.05) is 20.3 Å². The Morgan fingerprint density at radius 3 is 2.79 bits per heavy atom. The van der Waals surface area contributed by atoms with E-state index in [0.717, 1.165) is 28.8 Å². The van der Waals surface area contributed by atoms with Crippen molar-refractivity contribution < 1.29 is 9.47 Å². The molecule has 1 aromatic carbocycles. The van der Waals surface area contributed by atoms with E-state index in [0.29, 0.717) is 6.61 Å². The average Bonchev–Trinajstić information content (AvgIpc) is 2.18. The number of methoxy groups -OCH3 is 1. The SMILES string of the molecule is COCCCOc1cc(Br)ccc1C. The van der Waals surface area contributed by atoms with Gasteiger partial charge in [-0.05, 0) is 24.6 Å². The highest BCUT2D eigenvalue weighted by Crippen LogP contribution is 2.22. The molecular formula is C11H15BrO2. The van der Waals surface area contributed by atoms with E-state index in [4.69, 9.17) is 9.47 Å². The van der Waals surface area contributed by atoms with Crippen molar-refractivity contribution in [3.05, 3.63) is 28.2 Å². The Labute approximate surface area is 93.4 Å². The second kappa shape index (κ2) is 6.04. The van der Waals surface area contributed by atoms with E-state index in [1.54, 1.807) is 7.11 Å². The number of ether oxygens (including phenoxy) is 2. The van der Waals surface area contributed by atoms with Gasteiger partial charge in [-0.15, -0.1) is 0 Å². The largest absolute Gasteiger partial charge is 0.493 e. The minimum atomic E-state index is 0.700. The predicted molar refractivity (Wildman–Crippen MR) is 60.9 cm³/mol. The molecule has 0 fully saturated rings. The quantitative estimate of drug-likeness (QED) is 0.756. The lowest BCUT2D eigenvalue weighted by Crippen LogP contribution is -2.02. The second-order valence-electron chi connectivity index (χ2n) is 3.10. The van der Waals surface area contributed by atoms with Crippen molar-refractivity contribution in [2.24, 2.45) is 0 Å². The Hall–Kier alpha value is -0.540. The zero-order valence-electron chi connectivity index (χ0n) is 8.55. The molecule has 0 aromatic heterocycles. The van der Waals surface area contributed by atoms with Crippen LogP contribution < -0.4 is 4.74 Å². The van der Waals surface area contributed by atoms with Crippen LogP contribution in [0.15, 0.2) is 22.7 Å². The van der Waals surface area contributed by atoms with Gasteiger partial charge in [-0.3, -0.25) is 0 Å². The zero-order valence-corrected chi connectivity index (χ0v) is 10.1. The van der Waals surface area contributed by atoms with Crippen LogP contribution in [0.4, 0.5) is 0 Å². The highest BCUT2D eigenvalue weighted by atomic mass is 79.9. The summed E-state index contributed by atoms with van der Waals surface area (Å²) in [7, 11) is 1.70. The highest BCUT2D eigenvalue weighted by molar-refractivity contribution is 9.10. The van der Waals surface area contributed by atoms with Gasteiger partial charge >= 0.3 is 0 Å². The molecule has 14 heavy (non-hydrogen) atoms. The first kappa shape index (κ1) is 11.5. The Balaban J connectivity index is 2.45. The molecule has 0 unspecified atom stereocenters. The minimum absolute atomic E-state index is 0.700. The number of halogens is 1. The first-order valence-corrected chi connectivity index (χ1v) is 5.41. The summed E-state index contributed by atoms with van der Waals surface area (Å²) in [6, 6.07) is 6.04. The van der Waals surface area contributed by atoms with Crippen LogP contribution in [0.3, 0.4) is 0 Å². The molecule has 2 nitrogen and oxygen atoms in total. The average molecular weight is 259 g/mol. The fraction of sp³-hybridized carbons (Fsp3) is 0.455. The molecule has 0 heterocycles. The van der Waals surface area contributed by atoms with Gasteiger partial charge in [-0.25, -0.2) is 0 Å². The summed E-state index contributed by atoms with van der Waals surface area (Å²) in [4.78, 5) is 0. The van der Waals surface area contributed by atoms with Crippen LogP contribution in [0.1, 0.15) is 12.0 Å². The first-order valence-electron chi connectivity index (χ1n) is 4.62. The maximum atomic E-state index is 5.61. The van der Waals surface area contributed by atoms with E-state index in [1.165, 1.54) is 0 Å². The van der Waals surface area contributed by atoms with E-state index in [9.17, 15) is 0 Å². The van der Waals surface area contributed by atoms with Gasteiger partial charge < -0.3 is 9.47 Å². The molecule has 0 aliphatic heterocycles. The minimum Gasteiger partial charge on any atom is -0.493 e. The molecule has 0 N–H and O–H groups in total. The number of hydrogen-bond acceptors (Lipinski definition) is 2. The molecule has 0 spiro atoms. The van der Waals surface area contributed by atoms with Crippen molar-refractivity contribution in [1.82, 2.24) is 0 Å². The molecule has 0 saturated heterocycles. The maximum Gasteiger partial charge on any atom is 0.123 e. The monoisotopic (exact) mass is 258 g/mol. The van der Waals surface area contributed by atoms with Gasteiger partial charge in [-0.2, -0.15) is 0 Å². The second-order valence-corrected chi connectivity index (χ2v) is 4.02. The van der Waals surface area contributed by atoms with Crippen molar-refractivity contribution in [3.63, 3.8) is 0 Å². The number of hydrogen-bond donors (Lipinski definition) is 0. The summed E-state index contributed by atoms with van der Waals surface area (Å²) < 4.78 is 11.6. The van der Waals surface area contributed by atoms with Crippen molar-refractivity contribution in [3.8, 4) is 5.75 Å². The van der Waals surface area contributed by atoms with Crippen molar-refractivity contribution in [2.45, 2.75) is 13.3 Å². The van der Waals surface area contributed by atoms with Gasteiger partial charge in [-0.1, -0.05) is 22.0 Å². The standard InChI is InChI=1S/C11H15BrO2/c1-9-4-5-10(12)8-11(9)14-7-3-6-13-2/h4-5,8H,3,6-7H2,1-2H3. The fourth-order valence-corrected chi connectivity index (χ4v) is 1.45. The van der Waals surface area contributed by atoms with Crippen LogP contribution in [0.25, 0.3) is 0 Å². The third-order valence-electron chi connectivity index (χ3n) is 1.90. The maximum absolute atomic E-state index is 5.61. The van der Waals surface area contributed by atoms with Gasteiger partial charge in [0.1, 0.15) is 5.75 Å². The third kappa shape index (κ3) is 3.68. The van der Waals surface area contributed by atoms with Crippen LogP contribution in [0.2, 0.25) is 0 Å². The summed E-state index contributed by atoms with van der Waals surface area (Å²) in [5.74, 6) is 0.940.